The monoisotopic (exact) mass is 394 g/mol. The number of hydrogen-bond acceptors (Lipinski definition) is 4. The Bertz CT molecular complexity index is 386. The zero-order valence-electron chi connectivity index (χ0n) is 18.3. The van der Waals surface area contributed by atoms with Gasteiger partial charge in [-0.1, -0.05) is 62.8 Å². The Labute approximate surface area is 172 Å². The minimum absolute atomic E-state index is 0.118. The second kappa shape index (κ2) is 21.7. The van der Waals surface area contributed by atoms with Crippen LogP contribution in [0.5, 0.6) is 0 Å². The van der Waals surface area contributed by atoms with Crippen molar-refractivity contribution in [2.24, 2.45) is 0 Å². The molecule has 0 aromatic heterocycles. The van der Waals surface area contributed by atoms with Crippen LogP contribution < -0.4 is 0 Å². The van der Waals surface area contributed by atoms with Crippen LogP contribution in [-0.2, 0) is 19.1 Å². The van der Waals surface area contributed by atoms with Crippen molar-refractivity contribution in [1.29, 1.82) is 0 Å². The van der Waals surface area contributed by atoms with E-state index in [-0.39, 0.29) is 24.8 Å². The van der Waals surface area contributed by atoms with E-state index in [1.165, 1.54) is 38.5 Å². The summed E-state index contributed by atoms with van der Waals surface area (Å²) in [4.78, 5) is 23.3. The molecule has 0 atom stereocenters. The minimum atomic E-state index is -0.300. The van der Waals surface area contributed by atoms with E-state index >= 15 is 0 Å². The van der Waals surface area contributed by atoms with Gasteiger partial charge in [-0.2, -0.15) is 0 Å². The third-order valence-corrected chi connectivity index (χ3v) is 4.56. The summed E-state index contributed by atoms with van der Waals surface area (Å²) in [6.07, 6.45) is 22.3. The maximum absolute atomic E-state index is 11.6. The Morgan fingerprint density at radius 3 is 1.32 bits per heavy atom. The summed E-state index contributed by atoms with van der Waals surface area (Å²) in [6, 6.07) is 0. The fourth-order valence-corrected chi connectivity index (χ4v) is 2.84. The highest BCUT2D eigenvalue weighted by molar-refractivity contribution is 5.77. The fraction of sp³-hybridized carbons (Fsp3) is 0.750. The molecule has 0 aliphatic rings. The summed E-state index contributed by atoms with van der Waals surface area (Å²) in [6.45, 7) is 5.00. The van der Waals surface area contributed by atoms with Crippen LogP contribution in [-0.4, -0.2) is 25.2 Å². The predicted octanol–water partition coefficient (Wildman–Crippen LogP) is 6.69. The topological polar surface area (TPSA) is 52.6 Å². The second-order valence-electron chi connectivity index (χ2n) is 7.19. The van der Waals surface area contributed by atoms with Gasteiger partial charge < -0.3 is 9.47 Å². The number of ether oxygens (including phenoxy) is 2. The number of rotatable bonds is 19. The van der Waals surface area contributed by atoms with Crippen molar-refractivity contribution in [2.75, 3.05) is 13.2 Å². The molecule has 0 radical (unpaired) electrons. The molecule has 0 unspecified atom stereocenters. The first-order chi connectivity index (χ1) is 13.7. The van der Waals surface area contributed by atoms with Crippen molar-refractivity contribution in [1.82, 2.24) is 0 Å². The Morgan fingerprint density at radius 1 is 0.571 bits per heavy atom. The first-order valence-corrected chi connectivity index (χ1v) is 11.2. The van der Waals surface area contributed by atoms with Gasteiger partial charge in [0.1, 0.15) is 0 Å². The van der Waals surface area contributed by atoms with Crippen LogP contribution in [0.15, 0.2) is 24.3 Å². The van der Waals surface area contributed by atoms with Crippen LogP contribution in [0.3, 0.4) is 0 Å². The van der Waals surface area contributed by atoms with Crippen molar-refractivity contribution in [3.8, 4) is 0 Å². The lowest BCUT2D eigenvalue weighted by molar-refractivity contribution is -0.150. The van der Waals surface area contributed by atoms with Gasteiger partial charge in [-0.25, -0.2) is 0 Å². The number of unbranched alkanes of at least 4 members (excludes halogenated alkanes) is 10. The summed E-state index contributed by atoms with van der Waals surface area (Å²) >= 11 is 0. The first-order valence-electron chi connectivity index (χ1n) is 11.2. The Balaban J connectivity index is 3.36. The third-order valence-electron chi connectivity index (χ3n) is 4.56. The van der Waals surface area contributed by atoms with Gasteiger partial charge in [0.2, 0.25) is 0 Å². The fourth-order valence-electron chi connectivity index (χ4n) is 2.84. The molecule has 4 nitrogen and oxygen atoms in total. The molecule has 0 aromatic carbocycles. The van der Waals surface area contributed by atoms with Crippen LogP contribution in [0.1, 0.15) is 104 Å². The SMILES string of the molecule is C/C=C/CCCCCCCOC(=O)CCC(=O)OCCCCCCC/C=C/C. The van der Waals surface area contributed by atoms with E-state index in [2.05, 4.69) is 24.3 Å². The molecule has 0 saturated carbocycles. The normalized spacial score (nSPS) is 11.4. The molecule has 28 heavy (non-hydrogen) atoms. The highest BCUT2D eigenvalue weighted by Crippen LogP contribution is 2.08. The Hall–Kier alpha value is -1.58. The zero-order chi connectivity index (χ0) is 20.7. The van der Waals surface area contributed by atoms with E-state index in [0.717, 1.165) is 38.5 Å². The zero-order valence-corrected chi connectivity index (χ0v) is 18.3. The quantitative estimate of drug-likeness (QED) is 0.139. The number of carbonyl (C=O) groups excluding carboxylic acids is 2. The second-order valence-corrected chi connectivity index (χ2v) is 7.19. The van der Waals surface area contributed by atoms with Crippen molar-refractivity contribution in [3.05, 3.63) is 24.3 Å². The third kappa shape index (κ3) is 20.7. The van der Waals surface area contributed by atoms with E-state index in [4.69, 9.17) is 9.47 Å². The van der Waals surface area contributed by atoms with Crippen molar-refractivity contribution in [3.63, 3.8) is 0 Å². The van der Waals surface area contributed by atoms with Crippen LogP contribution in [0.2, 0.25) is 0 Å². The molecular weight excluding hydrogens is 352 g/mol. The number of allylic oxidation sites excluding steroid dienone is 4. The number of esters is 2. The molecule has 0 fully saturated rings. The average Bonchev–Trinajstić information content (AvgIpc) is 2.69. The van der Waals surface area contributed by atoms with Gasteiger partial charge >= 0.3 is 11.9 Å². The summed E-state index contributed by atoms with van der Waals surface area (Å²) < 4.78 is 10.3. The first kappa shape index (κ1) is 26.4. The summed E-state index contributed by atoms with van der Waals surface area (Å²) in [7, 11) is 0. The van der Waals surface area contributed by atoms with Crippen LogP contribution in [0, 0.1) is 0 Å². The van der Waals surface area contributed by atoms with Crippen molar-refractivity contribution >= 4 is 11.9 Å². The van der Waals surface area contributed by atoms with Crippen molar-refractivity contribution < 1.29 is 19.1 Å². The predicted molar refractivity (Wildman–Crippen MR) is 116 cm³/mol. The molecule has 0 spiro atoms. The van der Waals surface area contributed by atoms with E-state index < -0.39 is 0 Å². The standard InChI is InChI=1S/C24H42O4/c1-3-5-7-9-11-13-15-17-21-27-23(25)19-20-24(26)28-22-18-16-14-12-10-8-6-4-2/h3-6H,7-22H2,1-2H3/b5-3+,6-4+. The van der Waals surface area contributed by atoms with Gasteiger partial charge in [0, 0.05) is 0 Å². The van der Waals surface area contributed by atoms with E-state index in [0.29, 0.717) is 13.2 Å². The molecule has 0 aromatic rings. The van der Waals surface area contributed by atoms with Gasteiger partial charge in [0.25, 0.3) is 0 Å². The molecular formula is C24H42O4. The maximum Gasteiger partial charge on any atom is 0.306 e. The van der Waals surface area contributed by atoms with Crippen molar-refractivity contribution in [2.45, 2.75) is 104 Å². The van der Waals surface area contributed by atoms with E-state index in [1.54, 1.807) is 0 Å². The lowest BCUT2D eigenvalue weighted by Crippen LogP contribution is -2.11. The smallest absolute Gasteiger partial charge is 0.306 e. The average molecular weight is 395 g/mol. The van der Waals surface area contributed by atoms with Gasteiger partial charge in [-0.3, -0.25) is 9.59 Å². The highest BCUT2D eigenvalue weighted by Gasteiger charge is 2.09. The van der Waals surface area contributed by atoms with Gasteiger partial charge in [0.05, 0.1) is 26.1 Å². The van der Waals surface area contributed by atoms with Gasteiger partial charge in [-0.15, -0.1) is 0 Å². The van der Waals surface area contributed by atoms with Gasteiger partial charge in [0.15, 0.2) is 0 Å². The Morgan fingerprint density at radius 2 is 0.929 bits per heavy atom. The molecule has 0 rings (SSSR count). The minimum Gasteiger partial charge on any atom is -0.466 e. The molecule has 0 amide bonds. The van der Waals surface area contributed by atoms with Crippen LogP contribution in [0.4, 0.5) is 0 Å². The van der Waals surface area contributed by atoms with Gasteiger partial charge in [-0.05, 0) is 52.4 Å². The lowest BCUT2D eigenvalue weighted by atomic mass is 10.1. The molecule has 0 saturated heterocycles. The molecule has 0 bridgehead atoms. The molecule has 4 heteroatoms. The highest BCUT2D eigenvalue weighted by atomic mass is 16.5. The maximum atomic E-state index is 11.6. The summed E-state index contributed by atoms with van der Waals surface area (Å²) in [5, 5.41) is 0. The summed E-state index contributed by atoms with van der Waals surface area (Å²) in [5.74, 6) is -0.600. The summed E-state index contributed by atoms with van der Waals surface area (Å²) in [5.41, 5.74) is 0. The Kier molecular flexibility index (Phi) is 20.5. The molecule has 0 aliphatic heterocycles. The molecule has 0 heterocycles. The number of carbonyl (C=O) groups is 2. The van der Waals surface area contributed by atoms with Crippen LogP contribution in [0.25, 0.3) is 0 Å². The molecule has 0 N–H and O–H groups in total. The number of hydrogen-bond donors (Lipinski definition) is 0. The van der Waals surface area contributed by atoms with Crippen LogP contribution >= 0.6 is 0 Å². The van der Waals surface area contributed by atoms with E-state index in [1.807, 2.05) is 13.8 Å². The molecule has 0 aliphatic carbocycles. The lowest BCUT2D eigenvalue weighted by Gasteiger charge is -2.06. The van der Waals surface area contributed by atoms with E-state index in [9.17, 15) is 9.59 Å². The molecule has 162 valence electrons. The largest absolute Gasteiger partial charge is 0.466 e.